The van der Waals surface area contributed by atoms with Gasteiger partial charge in [-0.2, -0.15) is 0 Å². The average Bonchev–Trinajstić information content (AvgIpc) is 3.46. The molecule has 2 aliphatic rings. The van der Waals surface area contributed by atoms with Crippen molar-refractivity contribution in [3.8, 4) is 0 Å². The number of rotatable bonds is 7. The van der Waals surface area contributed by atoms with Crippen LogP contribution >= 0.6 is 24.0 Å². The second-order valence-electron chi connectivity index (χ2n) is 7.32. The van der Waals surface area contributed by atoms with E-state index in [9.17, 15) is 0 Å². The van der Waals surface area contributed by atoms with E-state index in [-0.39, 0.29) is 24.0 Å². The van der Waals surface area contributed by atoms with Gasteiger partial charge in [-0.1, -0.05) is 30.3 Å². The van der Waals surface area contributed by atoms with Gasteiger partial charge in [0.15, 0.2) is 5.96 Å². The number of hydrogen-bond acceptors (Lipinski definition) is 2. The van der Waals surface area contributed by atoms with Crippen LogP contribution in [0.25, 0.3) is 0 Å². The van der Waals surface area contributed by atoms with Crippen LogP contribution in [0, 0.1) is 5.92 Å². The molecule has 0 bridgehead atoms. The highest BCUT2D eigenvalue weighted by Crippen LogP contribution is 2.47. The fourth-order valence-corrected chi connectivity index (χ4v) is 3.44. The second-order valence-corrected chi connectivity index (χ2v) is 7.32. The van der Waals surface area contributed by atoms with E-state index in [1.54, 1.807) is 0 Å². The van der Waals surface area contributed by atoms with Crippen LogP contribution in [0.15, 0.2) is 35.3 Å². The maximum atomic E-state index is 4.40. The number of halogens is 1. The fraction of sp³-hybridized carbons (Fsp3) is 0.632. The average molecular weight is 442 g/mol. The fourth-order valence-electron chi connectivity index (χ4n) is 3.44. The van der Waals surface area contributed by atoms with Crippen molar-refractivity contribution in [2.24, 2.45) is 10.9 Å². The molecule has 1 unspecified atom stereocenters. The van der Waals surface area contributed by atoms with Gasteiger partial charge in [0.1, 0.15) is 0 Å². The summed E-state index contributed by atoms with van der Waals surface area (Å²) in [5.74, 6) is 1.79. The van der Waals surface area contributed by atoms with Gasteiger partial charge in [-0.25, -0.2) is 0 Å². The molecule has 24 heavy (non-hydrogen) atoms. The molecular weight excluding hydrogens is 411 g/mol. The van der Waals surface area contributed by atoms with Gasteiger partial charge in [-0.05, 0) is 51.3 Å². The van der Waals surface area contributed by atoms with E-state index in [0.29, 0.717) is 11.5 Å². The Morgan fingerprint density at radius 3 is 2.38 bits per heavy atom. The molecule has 2 aliphatic carbocycles. The predicted octanol–water partition coefficient (Wildman–Crippen LogP) is 2.84. The van der Waals surface area contributed by atoms with Crippen molar-refractivity contribution in [1.82, 2.24) is 15.5 Å². The number of guanidine groups is 1. The van der Waals surface area contributed by atoms with Crippen molar-refractivity contribution in [2.45, 2.75) is 37.1 Å². The summed E-state index contributed by atoms with van der Waals surface area (Å²) >= 11 is 0. The number of nitrogens with one attached hydrogen (secondary N) is 2. The normalized spacial score (nSPS) is 20.2. The van der Waals surface area contributed by atoms with Gasteiger partial charge < -0.3 is 15.5 Å². The number of likely N-dealkylation sites (N-methyl/N-ethyl adjacent to an activating group) is 1. The summed E-state index contributed by atoms with van der Waals surface area (Å²) in [5, 5.41) is 7.07. The first-order valence-electron chi connectivity index (χ1n) is 8.81. The summed E-state index contributed by atoms with van der Waals surface area (Å²) in [4.78, 5) is 6.74. The molecule has 0 spiro atoms. The van der Waals surface area contributed by atoms with Crippen LogP contribution in [0.1, 0.15) is 31.2 Å². The van der Waals surface area contributed by atoms with Crippen LogP contribution in [0.3, 0.4) is 0 Å². The van der Waals surface area contributed by atoms with Crippen molar-refractivity contribution in [2.75, 3.05) is 34.2 Å². The summed E-state index contributed by atoms with van der Waals surface area (Å²) in [6.45, 7) is 1.93. The second kappa shape index (κ2) is 8.52. The monoisotopic (exact) mass is 442 g/mol. The molecule has 2 N–H and O–H groups in total. The highest BCUT2D eigenvalue weighted by molar-refractivity contribution is 14.0. The Balaban J connectivity index is 0.00000208. The molecule has 1 aromatic rings. The number of hydrogen-bond donors (Lipinski definition) is 2. The number of benzene rings is 1. The van der Waals surface area contributed by atoms with Gasteiger partial charge in [-0.15, -0.1) is 24.0 Å². The van der Waals surface area contributed by atoms with Crippen LogP contribution in [-0.2, 0) is 5.41 Å². The van der Waals surface area contributed by atoms with E-state index in [2.05, 4.69) is 65.0 Å². The molecule has 134 valence electrons. The molecule has 3 rings (SSSR count). The number of aliphatic imine (C=N–C) groups is 1. The third kappa shape index (κ3) is 4.85. The van der Waals surface area contributed by atoms with E-state index in [1.807, 2.05) is 7.05 Å². The van der Waals surface area contributed by atoms with Crippen molar-refractivity contribution in [3.05, 3.63) is 35.9 Å². The van der Waals surface area contributed by atoms with E-state index < -0.39 is 0 Å². The molecule has 2 fully saturated rings. The first kappa shape index (κ1) is 19.5. The summed E-state index contributed by atoms with van der Waals surface area (Å²) in [6.07, 6.45) is 5.27. The first-order valence-corrected chi connectivity index (χ1v) is 8.81. The quantitative estimate of drug-likeness (QED) is 0.388. The predicted molar refractivity (Wildman–Crippen MR) is 112 cm³/mol. The summed E-state index contributed by atoms with van der Waals surface area (Å²) in [7, 11) is 6.21. The molecule has 0 radical (unpaired) electrons. The molecule has 0 aliphatic heterocycles. The number of nitrogens with zero attached hydrogens (tertiary/aromatic N) is 2. The Bertz CT molecular complexity index is 534. The largest absolute Gasteiger partial charge is 0.356 e. The zero-order valence-electron chi connectivity index (χ0n) is 15.1. The van der Waals surface area contributed by atoms with Crippen LogP contribution in [0.5, 0.6) is 0 Å². The standard InChI is InChI=1S/C19H30N4.HI/c1-20-18(21-13-17(23(2)3)15-9-10-15)22-14-19(11-12-19)16-7-5-4-6-8-16;/h4-8,15,17H,9-14H2,1-3H3,(H2,20,21,22);1H. The molecule has 0 amide bonds. The lowest BCUT2D eigenvalue weighted by Gasteiger charge is -2.26. The molecule has 0 heterocycles. The van der Waals surface area contributed by atoms with E-state index in [1.165, 1.54) is 31.2 Å². The van der Waals surface area contributed by atoms with Gasteiger partial charge in [0.2, 0.25) is 0 Å². The Kier molecular flexibility index (Phi) is 6.92. The molecular formula is C19H31IN4. The molecule has 0 saturated heterocycles. The van der Waals surface area contributed by atoms with Gasteiger partial charge in [0.25, 0.3) is 0 Å². The smallest absolute Gasteiger partial charge is 0.191 e. The highest BCUT2D eigenvalue weighted by atomic mass is 127. The van der Waals surface area contributed by atoms with E-state index in [0.717, 1.165) is 25.0 Å². The van der Waals surface area contributed by atoms with Gasteiger partial charge in [0.05, 0.1) is 0 Å². The molecule has 4 nitrogen and oxygen atoms in total. The van der Waals surface area contributed by atoms with Crippen molar-refractivity contribution < 1.29 is 0 Å². The lowest BCUT2D eigenvalue weighted by atomic mass is 9.96. The minimum absolute atomic E-state index is 0. The Labute approximate surface area is 163 Å². The van der Waals surface area contributed by atoms with Crippen LogP contribution in [0.4, 0.5) is 0 Å². The maximum Gasteiger partial charge on any atom is 0.191 e. The van der Waals surface area contributed by atoms with Crippen molar-refractivity contribution >= 4 is 29.9 Å². The van der Waals surface area contributed by atoms with Crippen molar-refractivity contribution in [1.29, 1.82) is 0 Å². The Morgan fingerprint density at radius 1 is 1.21 bits per heavy atom. The summed E-state index contributed by atoms with van der Waals surface area (Å²) in [5.41, 5.74) is 1.77. The van der Waals surface area contributed by atoms with Crippen LogP contribution in [-0.4, -0.2) is 51.1 Å². The van der Waals surface area contributed by atoms with Crippen LogP contribution in [0.2, 0.25) is 0 Å². The Morgan fingerprint density at radius 2 is 1.88 bits per heavy atom. The zero-order chi connectivity index (χ0) is 16.3. The minimum Gasteiger partial charge on any atom is -0.356 e. The van der Waals surface area contributed by atoms with Gasteiger partial charge in [-0.3, -0.25) is 4.99 Å². The van der Waals surface area contributed by atoms with Gasteiger partial charge >= 0.3 is 0 Å². The molecule has 1 aromatic carbocycles. The molecule has 0 aromatic heterocycles. The third-order valence-electron chi connectivity index (χ3n) is 5.37. The van der Waals surface area contributed by atoms with Gasteiger partial charge in [0, 0.05) is 31.6 Å². The lowest BCUT2D eigenvalue weighted by Crippen LogP contribution is -2.47. The Hall–Kier alpha value is -0.820. The van der Waals surface area contributed by atoms with Crippen molar-refractivity contribution in [3.63, 3.8) is 0 Å². The maximum absolute atomic E-state index is 4.40. The van der Waals surface area contributed by atoms with Crippen LogP contribution < -0.4 is 10.6 Å². The van der Waals surface area contributed by atoms with E-state index in [4.69, 9.17) is 0 Å². The SMILES string of the molecule is CN=C(NCC(C1CC1)N(C)C)NCC1(c2ccccc2)CC1.I. The molecule has 2 saturated carbocycles. The summed E-state index contributed by atoms with van der Waals surface area (Å²) in [6, 6.07) is 11.5. The zero-order valence-corrected chi connectivity index (χ0v) is 17.4. The first-order chi connectivity index (χ1) is 11.1. The molecule has 5 heteroatoms. The highest BCUT2D eigenvalue weighted by Gasteiger charge is 2.44. The summed E-state index contributed by atoms with van der Waals surface area (Å²) < 4.78 is 0. The van der Waals surface area contributed by atoms with E-state index >= 15 is 0 Å². The molecule has 1 atom stereocenters. The topological polar surface area (TPSA) is 39.7 Å². The lowest BCUT2D eigenvalue weighted by molar-refractivity contribution is 0.264. The minimum atomic E-state index is 0. The third-order valence-corrected chi connectivity index (χ3v) is 5.37.